The van der Waals surface area contributed by atoms with Crippen LogP contribution >= 0.6 is 0 Å². The second-order valence-corrected chi connectivity index (χ2v) is 9.06. The minimum absolute atomic E-state index is 0.130. The average molecular weight is 464 g/mol. The molecule has 1 aromatic heterocycles. The standard InChI is InChI=1S/C26H26FN3O4/c27-21-9-7-20(8-10-21)26(12-1-2-13-26)14-11-23-28-24(29-34-23)19-5-3-18(4-6-19)15-30-16-22(17-30)33-25(31)32/h3-11,14,22H,1-2,12-13,15-17H2,(H,31,32)/b14-11+. The van der Waals surface area contributed by atoms with Crippen LogP contribution in [0.15, 0.2) is 59.1 Å². The van der Waals surface area contributed by atoms with Crippen molar-refractivity contribution in [2.75, 3.05) is 13.1 Å². The van der Waals surface area contributed by atoms with Gasteiger partial charge in [0.25, 0.3) is 5.89 Å². The number of hydrogen-bond acceptors (Lipinski definition) is 6. The molecule has 1 saturated heterocycles. The Labute approximate surface area is 196 Å². The molecular formula is C26H26FN3O4. The van der Waals surface area contributed by atoms with Crippen molar-refractivity contribution >= 4 is 12.2 Å². The van der Waals surface area contributed by atoms with Crippen molar-refractivity contribution in [2.45, 2.75) is 43.7 Å². The molecule has 1 aliphatic carbocycles. The summed E-state index contributed by atoms with van der Waals surface area (Å²) in [7, 11) is 0. The van der Waals surface area contributed by atoms with Crippen molar-refractivity contribution in [1.82, 2.24) is 15.0 Å². The van der Waals surface area contributed by atoms with E-state index in [9.17, 15) is 9.18 Å². The zero-order valence-electron chi connectivity index (χ0n) is 18.7. The van der Waals surface area contributed by atoms with Gasteiger partial charge < -0.3 is 14.4 Å². The van der Waals surface area contributed by atoms with Crippen LogP contribution < -0.4 is 0 Å². The molecule has 0 radical (unpaired) electrons. The van der Waals surface area contributed by atoms with E-state index in [1.165, 1.54) is 12.1 Å². The number of halogens is 1. The van der Waals surface area contributed by atoms with Gasteiger partial charge in [-0.05, 0) is 36.1 Å². The van der Waals surface area contributed by atoms with E-state index in [1.54, 1.807) is 0 Å². The predicted molar refractivity (Wildman–Crippen MR) is 123 cm³/mol. The highest BCUT2D eigenvalue weighted by Crippen LogP contribution is 2.42. The molecule has 1 N–H and O–H groups in total. The molecule has 0 atom stereocenters. The van der Waals surface area contributed by atoms with E-state index in [-0.39, 0.29) is 17.3 Å². The molecule has 3 aromatic rings. The van der Waals surface area contributed by atoms with Crippen molar-refractivity contribution in [3.63, 3.8) is 0 Å². The van der Waals surface area contributed by atoms with Crippen LogP contribution in [0.1, 0.15) is 42.7 Å². The maximum Gasteiger partial charge on any atom is 0.506 e. The van der Waals surface area contributed by atoms with Gasteiger partial charge in [0.05, 0.1) is 0 Å². The number of rotatable bonds is 7. The molecule has 2 aliphatic rings. The Balaban J connectivity index is 1.23. The average Bonchev–Trinajstić information content (AvgIpc) is 3.48. The lowest BCUT2D eigenvalue weighted by Crippen LogP contribution is -2.52. The number of benzene rings is 2. The van der Waals surface area contributed by atoms with Crippen LogP contribution in [0.4, 0.5) is 9.18 Å². The topological polar surface area (TPSA) is 88.7 Å². The van der Waals surface area contributed by atoms with Crippen LogP contribution in [0.2, 0.25) is 0 Å². The predicted octanol–water partition coefficient (Wildman–Crippen LogP) is 5.28. The number of hydrogen-bond donors (Lipinski definition) is 1. The van der Waals surface area contributed by atoms with E-state index in [0.717, 1.165) is 48.9 Å². The van der Waals surface area contributed by atoms with Crippen molar-refractivity contribution in [2.24, 2.45) is 0 Å². The number of aromatic nitrogens is 2. The van der Waals surface area contributed by atoms with Gasteiger partial charge >= 0.3 is 6.16 Å². The Hall–Kier alpha value is -3.52. The summed E-state index contributed by atoms with van der Waals surface area (Å²) >= 11 is 0. The first-order chi connectivity index (χ1) is 16.5. The number of allylic oxidation sites excluding steroid dienone is 1. The summed E-state index contributed by atoms with van der Waals surface area (Å²) < 4.78 is 23.6. The van der Waals surface area contributed by atoms with Gasteiger partial charge in [-0.1, -0.05) is 60.5 Å². The maximum atomic E-state index is 13.4. The third kappa shape index (κ3) is 4.87. The lowest BCUT2D eigenvalue weighted by atomic mass is 9.78. The summed E-state index contributed by atoms with van der Waals surface area (Å²) in [6.45, 7) is 1.94. The molecule has 0 amide bonds. The minimum Gasteiger partial charge on any atom is -0.450 e. The summed E-state index contributed by atoms with van der Waals surface area (Å²) in [5.74, 6) is 0.736. The van der Waals surface area contributed by atoms with Crippen LogP contribution in [0.3, 0.4) is 0 Å². The van der Waals surface area contributed by atoms with Crippen molar-refractivity contribution in [3.8, 4) is 11.4 Å². The van der Waals surface area contributed by atoms with Gasteiger partial charge in [-0.2, -0.15) is 4.98 Å². The summed E-state index contributed by atoms with van der Waals surface area (Å²) in [5.41, 5.74) is 2.96. The van der Waals surface area contributed by atoms with E-state index in [2.05, 4.69) is 21.1 Å². The first-order valence-corrected chi connectivity index (χ1v) is 11.5. The normalized spacial score (nSPS) is 18.3. The molecule has 7 nitrogen and oxygen atoms in total. The zero-order valence-corrected chi connectivity index (χ0v) is 18.7. The SMILES string of the molecule is O=C(O)OC1CN(Cc2ccc(-c3noc(/C=C/C4(c5ccc(F)cc5)CCCC4)n3)cc2)C1. The fourth-order valence-electron chi connectivity index (χ4n) is 4.88. The summed E-state index contributed by atoms with van der Waals surface area (Å²) in [6.07, 6.45) is 6.82. The maximum absolute atomic E-state index is 13.4. The second kappa shape index (κ2) is 9.38. The second-order valence-electron chi connectivity index (χ2n) is 9.06. The van der Waals surface area contributed by atoms with Crippen LogP contribution in [-0.4, -0.2) is 45.5 Å². The summed E-state index contributed by atoms with van der Waals surface area (Å²) in [6, 6.07) is 14.7. The number of nitrogens with zero attached hydrogens (tertiary/aromatic N) is 3. The van der Waals surface area contributed by atoms with Gasteiger partial charge in [0, 0.05) is 36.7 Å². The Morgan fingerprint density at radius 1 is 1.15 bits per heavy atom. The molecular weight excluding hydrogens is 437 g/mol. The van der Waals surface area contributed by atoms with Gasteiger partial charge in [-0.15, -0.1) is 0 Å². The number of ether oxygens (including phenoxy) is 1. The smallest absolute Gasteiger partial charge is 0.450 e. The number of carboxylic acid groups (broad SMARTS) is 1. The Kier molecular flexibility index (Phi) is 6.15. The molecule has 1 saturated carbocycles. The number of carbonyl (C=O) groups is 1. The highest BCUT2D eigenvalue weighted by Gasteiger charge is 2.33. The van der Waals surface area contributed by atoms with Gasteiger partial charge in [0.1, 0.15) is 11.9 Å². The molecule has 2 heterocycles. The summed E-state index contributed by atoms with van der Waals surface area (Å²) in [4.78, 5) is 17.2. The van der Waals surface area contributed by atoms with Crippen molar-refractivity contribution < 1.29 is 23.6 Å². The molecule has 8 heteroatoms. The van der Waals surface area contributed by atoms with E-state index in [1.807, 2.05) is 42.5 Å². The molecule has 5 rings (SSSR count). The molecule has 0 unspecified atom stereocenters. The summed E-state index contributed by atoms with van der Waals surface area (Å²) in [5, 5.41) is 12.8. The fraction of sp³-hybridized carbons (Fsp3) is 0.346. The molecule has 2 aromatic carbocycles. The van der Waals surface area contributed by atoms with Gasteiger partial charge in [0.15, 0.2) is 0 Å². The van der Waals surface area contributed by atoms with Crippen molar-refractivity contribution in [1.29, 1.82) is 0 Å². The molecule has 176 valence electrons. The molecule has 1 aliphatic heterocycles. The first kappa shape index (κ1) is 22.3. The van der Waals surface area contributed by atoms with Crippen LogP contribution in [0.5, 0.6) is 0 Å². The van der Waals surface area contributed by atoms with Crippen LogP contribution in [-0.2, 0) is 16.7 Å². The third-order valence-electron chi connectivity index (χ3n) is 6.71. The van der Waals surface area contributed by atoms with Gasteiger partial charge in [0.2, 0.25) is 5.82 Å². The molecule has 34 heavy (non-hydrogen) atoms. The van der Waals surface area contributed by atoms with E-state index in [0.29, 0.717) is 24.8 Å². The molecule has 2 fully saturated rings. The monoisotopic (exact) mass is 463 g/mol. The lowest BCUT2D eigenvalue weighted by Gasteiger charge is -2.37. The highest BCUT2D eigenvalue weighted by molar-refractivity contribution is 5.57. The quantitative estimate of drug-likeness (QED) is 0.477. The van der Waals surface area contributed by atoms with Crippen LogP contribution in [0.25, 0.3) is 17.5 Å². The van der Waals surface area contributed by atoms with E-state index < -0.39 is 6.16 Å². The van der Waals surface area contributed by atoms with Gasteiger partial charge in [-0.25, -0.2) is 9.18 Å². The molecule has 0 spiro atoms. The number of likely N-dealkylation sites (tertiary alicyclic amines) is 1. The van der Waals surface area contributed by atoms with E-state index >= 15 is 0 Å². The van der Waals surface area contributed by atoms with Crippen molar-refractivity contribution in [3.05, 3.63) is 77.4 Å². The Bertz CT molecular complexity index is 1160. The zero-order chi connectivity index (χ0) is 23.5. The largest absolute Gasteiger partial charge is 0.506 e. The Morgan fingerprint density at radius 3 is 2.53 bits per heavy atom. The third-order valence-corrected chi connectivity index (χ3v) is 6.71. The minimum atomic E-state index is -1.22. The molecule has 0 bridgehead atoms. The Morgan fingerprint density at radius 2 is 1.85 bits per heavy atom. The first-order valence-electron chi connectivity index (χ1n) is 11.5. The highest BCUT2D eigenvalue weighted by atomic mass is 19.1. The lowest BCUT2D eigenvalue weighted by molar-refractivity contribution is -0.0363. The van der Waals surface area contributed by atoms with Gasteiger partial charge in [-0.3, -0.25) is 4.90 Å². The van der Waals surface area contributed by atoms with E-state index in [4.69, 9.17) is 14.4 Å². The van der Waals surface area contributed by atoms with Crippen LogP contribution in [0, 0.1) is 5.82 Å². The fourth-order valence-corrected chi connectivity index (χ4v) is 4.88.